The number of quaternary nitrogens is 1. The summed E-state index contributed by atoms with van der Waals surface area (Å²) >= 11 is 0. The Hall–Kier alpha value is -2.59. The summed E-state index contributed by atoms with van der Waals surface area (Å²) in [6.07, 6.45) is 3.92. The molecule has 1 unspecified atom stereocenters. The van der Waals surface area contributed by atoms with Crippen molar-refractivity contribution in [3.8, 4) is 5.75 Å². The van der Waals surface area contributed by atoms with Crippen LogP contribution in [-0.2, 0) is 11.3 Å². The Bertz CT molecular complexity index is 724. The van der Waals surface area contributed by atoms with Gasteiger partial charge < -0.3 is 15.0 Å². The molecule has 0 bridgehead atoms. The van der Waals surface area contributed by atoms with Crippen molar-refractivity contribution in [2.75, 3.05) is 13.7 Å². The SMILES string of the molecule is C=CCOc1ccc(C[NH+](C)[C@H](C(=O)NC2CC2)c2ccccc2)cc1. The van der Waals surface area contributed by atoms with E-state index >= 15 is 0 Å². The second-order valence-electron chi connectivity index (χ2n) is 6.89. The van der Waals surface area contributed by atoms with Gasteiger partial charge in [0.2, 0.25) is 0 Å². The highest BCUT2D eigenvalue weighted by Crippen LogP contribution is 2.20. The standard InChI is InChI=1S/C22H26N2O2/c1-3-15-26-20-13-9-17(10-14-20)16-24(2)21(18-7-5-4-6-8-18)22(25)23-19-11-12-19/h3-10,13-14,19,21H,1,11-12,15-16H2,2H3,(H,23,25)/p+1/t21-/m0/s1. The lowest BCUT2D eigenvalue weighted by atomic mass is 10.0. The maximum absolute atomic E-state index is 12.8. The zero-order chi connectivity index (χ0) is 18.4. The predicted molar refractivity (Wildman–Crippen MR) is 103 cm³/mol. The molecule has 2 N–H and O–H groups in total. The normalized spacial score (nSPS) is 15.7. The van der Waals surface area contributed by atoms with Gasteiger partial charge in [-0.15, -0.1) is 0 Å². The molecular weight excluding hydrogens is 324 g/mol. The van der Waals surface area contributed by atoms with Crippen LogP contribution in [-0.4, -0.2) is 25.6 Å². The van der Waals surface area contributed by atoms with Gasteiger partial charge in [0.15, 0.2) is 6.04 Å². The number of rotatable bonds is 9. The van der Waals surface area contributed by atoms with Gasteiger partial charge in [-0.3, -0.25) is 4.79 Å². The maximum atomic E-state index is 12.8. The average molecular weight is 351 g/mol. The molecular formula is C22H27N2O2+. The number of benzene rings is 2. The smallest absolute Gasteiger partial charge is 0.283 e. The summed E-state index contributed by atoms with van der Waals surface area (Å²) < 4.78 is 5.53. The quantitative estimate of drug-likeness (QED) is 0.681. The molecule has 0 radical (unpaired) electrons. The fraction of sp³-hybridized carbons (Fsp3) is 0.318. The molecule has 2 aromatic carbocycles. The van der Waals surface area contributed by atoms with Crippen molar-refractivity contribution in [2.24, 2.45) is 0 Å². The molecule has 26 heavy (non-hydrogen) atoms. The molecule has 136 valence electrons. The molecule has 2 aromatic rings. The summed E-state index contributed by atoms with van der Waals surface area (Å²) in [6, 6.07) is 18.2. The Labute approximate surface area is 155 Å². The third kappa shape index (κ3) is 4.96. The van der Waals surface area contributed by atoms with Crippen LogP contribution in [0.2, 0.25) is 0 Å². The zero-order valence-corrected chi connectivity index (χ0v) is 15.3. The number of carbonyl (C=O) groups is 1. The van der Waals surface area contributed by atoms with Crippen molar-refractivity contribution < 1.29 is 14.4 Å². The van der Waals surface area contributed by atoms with Crippen LogP contribution in [0, 0.1) is 0 Å². The molecule has 0 spiro atoms. The molecule has 1 fully saturated rings. The molecule has 0 saturated heterocycles. The van der Waals surface area contributed by atoms with Crippen LogP contribution in [0.15, 0.2) is 67.3 Å². The molecule has 4 nitrogen and oxygen atoms in total. The molecule has 1 aliphatic carbocycles. The molecule has 3 rings (SSSR count). The molecule has 0 heterocycles. The van der Waals surface area contributed by atoms with Crippen molar-refractivity contribution in [3.05, 3.63) is 78.4 Å². The topological polar surface area (TPSA) is 42.8 Å². The number of hydrogen-bond donors (Lipinski definition) is 2. The van der Waals surface area contributed by atoms with Crippen molar-refractivity contribution in [3.63, 3.8) is 0 Å². The fourth-order valence-corrected chi connectivity index (χ4v) is 3.10. The van der Waals surface area contributed by atoms with E-state index in [0.29, 0.717) is 12.6 Å². The largest absolute Gasteiger partial charge is 0.490 e. The lowest BCUT2D eigenvalue weighted by molar-refractivity contribution is -0.916. The number of likely N-dealkylation sites (N-methyl/N-ethyl adjacent to an activating group) is 1. The number of carbonyl (C=O) groups excluding carboxylic acids is 1. The lowest BCUT2D eigenvalue weighted by Crippen LogP contribution is -3.09. The van der Waals surface area contributed by atoms with E-state index in [4.69, 9.17) is 4.74 Å². The van der Waals surface area contributed by atoms with Gasteiger partial charge in [-0.2, -0.15) is 0 Å². The first-order valence-electron chi connectivity index (χ1n) is 9.17. The van der Waals surface area contributed by atoms with Crippen molar-refractivity contribution in [2.45, 2.75) is 31.5 Å². The third-order valence-corrected chi connectivity index (χ3v) is 4.59. The molecule has 4 heteroatoms. The van der Waals surface area contributed by atoms with E-state index in [1.165, 1.54) is 5.56 Å². The van der Waals surface area contributed by atoms with Gasteiger partial charge in [-0.1, -0.05) is 43.0 Å². The van der Waals surface area contributed by atoms with Crippen LogP contribution in [0.5, 0.6) is 5.75 Å². The maximum Gasteiger partial charge on any atom is 0.283 e. The molecule has 1 saturated carbocycles. The highest BCUT2D eigenvalue weighted by atomic mass is 16.5. The second kappa shape index (κ2) is 8.68. The molecule has 2 atom stereocenters. The van der Waals surface area contributed by atoms with E-state index in [-0.39, 0.29) is 11.9 Å². The van der Waals surface area contributed by atoms with Gasteiger partial charge in [-0.05, 0) is 37.1 Å². The highest BCUT2D eigenvalue weighted by molar-refractivity contribution is 5.82. The number of ether oxygens (including phenoxy) is 1. The van der Waals surface area contributed by atoms with Crippen LogP contribution in [0.25, 0.3) is 0 Å². The van der Waals surface area contributed by atoms with Gasteiger partial charge >= 0.3 is 0 Å². The van der Waals surface area contributed by atoms with E-state index < -0.39 is 0 Å². The lowest BCUT2D eigenvalue weighted by Gasteiger charge is -2.25. The van der Waals surface area contributed by atoms with E-state index in [1.807, 2.05) is 42.5 Å². The second-order valence-corrected chi connectivity index (χ2v) is 6.89. The van der Waals surface area contributed by atoms with E-state index in [2.05, 4.69) is 31.1 Å². The minimum absolute atomic E-state index is 0.113. The summed E-state index contributed by atoms with van der Waals surface area (Å²) in [5, 5.41) is 3.16. The Morgan fingerprint density at radius 1 is 1.23 bits per heavy atom. The third-order valence-electron chi connectivity index (χ3n) is 4.59. The monoisotopic (exact) mass is 351 g/mol. The molecule has 1 aliphatic rings. The number of nitrogens with one attached hydrogen (secondary N) is 2. The number of amides is 1. The first-order valence-corrected chi connectivity index (χ1v) is 9.17. The number of hydrogen-bond acceptors (Lipinski definition) is 2. The van der Waals surface area contributed by atoms with Gasteiger partial charge in [0.25, 0.3) is 5.91 Å². The summed E-state index contributed by atoms with van der Waals surface area (Å²) in [6.45, 7) is 4.92. The summed E-state index contributed by atoms with van der Waals surface area (Å²) in [5.41, 5.74) is 2.22. The zero-order valence-electron chi connectivity index (χ0n) is 15.3. The van der Waals surface area contributed by atoms with E-state index in [9.17, 15) is 4.79 Å². The van der Waals surface area contributed by atoms with E-state index in [0.717, 1.165) is 35.6 Å². The molecule has 0 aromatic heterocycles. The Morgan fingerprint density at radius 3 is 2.54 bits per heavy atom. The first-order chi connectivity index (χ1) is 12.7. The van der Waals surface area contributed by atoms with Crippen LogP contribution in [0.3, 0.4) is 0 Å². The van der Waals surface area contributed by atoms with Gasteiger partial charge in [0.1, 0.15) is 18.9 Å². The van der Waals surface area contributed by atoms with Crippen LogP contribution in [0.1, 0.15) is 30.0 Å². The van der Waals surface area contributed by atoms with Crippen molar-refractivity contribution in [1.29, 1.82) is 0 Å². The Balaban J connectivity index is 1.71. The minimum atomic E-state index is -0.214. The Kier molecular flexibility index (Phi) is 6.08. The van der Waals surface area contributed by atoms with E-state index in [1.54, 1.807) is 6.08 Å². The summed E-state index contributed by atoms with van der Waals surface area (Å²) in [4.78, 5) is 14.0. The van der Waals surface area contributed by atoms with Crippen molar-refractivity contribution in [1.82, 2.24) is 5.32 Å². The average Bonchev–Trinajstić information content (AvgIpc) is 3.46. The Morgan fingerprint density at radius 2 is 1.92 bits per heavy atom. The summed E-state index contributed by atoms with van der Waals surface area (Å²) in [7, 11) is 2.08. The van der Waals surface area contributed by atoms with Crippen LogP contribution < -0.4 is 15.0 Å². The first kappa shape index (κ1) is 18.2. The van der Waals surface area contributed by atoms with Gasteiger partial charge in [0.05, 0.1) is 7.05 Å². The predicted octanol–water partition coefficient (Wildman–Crippen LogP) is 2.29. The fourth-order valence-electron chi connectivity index (χ4n) is 3.10. The van der Waals surface area contributed by atoms with Crippen LogP contribution >= 0.6 is 0 Å². The molecule has 0 aliphatic heterocycles. The van der Waals surface area contributed by atoms with Gasteiger partial charge in [0, 0.05) is 17.2 Å². The molecule has 1 amide bonds. The van der Waals surface area contributed by atoms with Crippen molar-refractivity contribution >= 4 is 5.91 Å². The van der Waals surface area contributed by atoms with Crippen LogP contribution in [0.4, 0.5) is 0 Å². The summed E-state index contributed by atoms with van der Waals surface area (Å²) in [5.74, 6) is 0.944. The minimum Gasteiger partial charge on any atom is -0.490 e. The van der Waals surface area contributed by atoms with Gasteiger partial charge in [-0.25, -0.2) is 0 Å². The highest BCUT2D eigenvalue weighted by Gasteiger charge is 2.33.